The Hall–Kier alpha value is -0.930. The first-order valence-electron chi connectivity index (χ1n) is 5.71. The lowest BCUT2D eigenvalue weighted by atomic mass is 10.1. The van der Waals surface area contributed by atoms with Crippen molar-refractivity contribution in [3.8, 4) is 0 Å². The van der Waals surface area contributed by atoms with Gasteiger partial charge < -0.3 is 5.11 Å². The highest BCUT2D eigenvalue weighted by atomic mass is 32.1. The summed E-state index contributed by atoms with van der Waals surface area (Å²) in [5.74, 6) is 0.498. The van der Waals surface area contributed by atoms with Gasteiger partial charge in [0.25, 0.3) is 0 Å². The molecule has 0 fully saturated rings. The first-order valence-corrected chi connectivity index (χ1v) is 6.52. The maximum absolute atomic E-state index is 8.81. The minimum Gasteiger partial charge on any atom is -0.396 e. The lowest BCUT2D eigenvalue weighted by Crippen LogP contribution is -1.88. The van der Waals surface area contributed by atoms with Crippen molar-refractivity contribution in [2.75, 3.05) is 6.61 Å². The molecule has 2 nitrogen and oxygen atoms in total. The van der Waals surface area contributed by atoms with E-state index < -0.39 is 0 Å². The van der Waals surface area contributed by atoms with Crippen LogP contribution in [0.2, 0.25) is 0 Å². The van der Waals surface area contributed by atoms with Crippen LogP contribution in [0.5, 0.6) is 0 Å². The number of aliphatic hydroxyl groups excluding tert-OH is 1. The summed E-state index contributed by atoms with van der Waals surface area (Å²) in [6.45, 7) is 4.60. The van der Waals surface area contributed by atoms with Crippen molar-refractivity contribution in [2.24, 2.45) is 0 Å². The summed E-state index contributed by atoms with van der Waals surface area (Å²) in [5.41, 5.74) is 2.39. The molecule has 0 unspecified atom stereocenters. The Kier molecular flexibility index (Phi) is 3.56. The summed E-state index contributed by atoms with van der Waals surface area (Å²) < 4.78 is 1.26. The van der Waals surface area contributed by atoms with Crippen molar-refractivity contribution in [2.45, 2.75) is 32.6 Å². The third-order valence-electron chi connectivity index (χ3n) is 2.59. The highest BCUT2D eigenvalue weighted by Crippen LogP contribution is 2.28. The number of thiazole rings is 1. The molecule has 0 aliphatic heterocycles. The molecule has 1 aromatic carbocycles. The Morgan fingerprint density at radius 2 is 2.19 bits per heavy atom. The van der Waals surface area contributed by atoms with E-state index >= 15 is 0 Å². The van der Waals surface area contributed by atoms with Crippen molar-refractivity contribution < 1.29 is 5.11 Å². The van der Waals surface area contributed by atoms with E-state index in [1.54, 1.807) is 11.3 Å². The molecule has 1 aromatic heterocycles. The van der Waals surface area contributed by atoms with Crippen LogP contribution < -0.4 is 0 Å². The van der Waals surface area contributed by atoms with Crippen LogP contribution in [0.15, 0.2) is 18.2 Å². The molecular formula is C13H17NOS. The number of benzene rings is 1. The number of fused-ring (bicyclic) bond motifs is 1. The fraction of sp³-hybridized carbons (Fsp3) is 0.462. The molecule has 0 atom stereocenters. The van der Waals surface area contributed by atoms with Gasteiger partial charge >= 0.3 is 0 Å². The lowest BCUT2D eigenvalue weighted by molar-refractivity contribution is 0.288. The molecule has 86 valence electrons. The van der Waals surface area contributed by atoms with Crippen molar-refractivity contribution in [1.82, 2.24) is 4.98 Å². The van der Waals surface area contributed by atoms with Gasteiger partial charge in [-0.3, -0.25) is 0 Å². The summed E-state index contributed by atoms with van der Waals surface area (Å²) in [6.07, 6.45) is 1.78. The van der Waals surface area contributed by atoms with Gasteiger partial charge in [-0.15, -0.1) is 11.3 Å². The molecular weight excluding hydrogens is 218 g/mol. The van der Waals surface area contributed by atoms with E-state index in [1.165, 1.54) is 15.3 Å². The molecule has 0 amide bonds. The Morgan fingerprint density at radius 1 is 1.38 bits per heavy atom. The molecule has 0 saturated heterocycles. The summed E-state index contributed by atoms with van der Waals surface area (Å²) in [5, 5.41) is 10.0. The Bertz CT molecular complexity index is 476. The highest BCUT2D eigenvalue weighted by molar-refractivity contribution is 7.18. The van der Waals surface area contributed by atoms with Gasteiger partial charge in [0, 0.05) is 12.5 Å². The number of aliphatic hydroxyl groups is 1. The molecule has 16 heavy (non-hydrogen) atoms. The van der Waals surface area contributed by atoms with E-state index in [-0.39, 0.29) is 6.61 Å². The average Bonchev–Trinajstić information content (AvgIpc) is 2.69. The summed E-state index contributed by atoms with van der Waals surface area (Å²) >= 11 is 1.78. The third kappa shape index (κ3) is 2.42. The third-order valence-corrected chi connectivity index (χ3v) is 3.91. The Morgan fingerprint density at radius 3 is 2.88 bits per heavy atom. The van der Waals surface area contributed by atoms with E-state index in [2.05, 4.69) is 37.0 Å². The maximum atomic E-state index is 8.81. The van der Waals surface area contributed by atoms with Gasteiger partial charge in [0.15, 0.2) is 0 Å². The van der Waals surface area contributed by atoms with Crippen molar-refractivity contribution >= 4 is 21.6 Å². The molecule has 0 radical (unpaired) electrons. The molecule has 1 N–H and O–H groups in total. The minimum absolute atomic E-state index is 0.262. The second-order valence-electron chi connectivity index (χ2n) is 4.34. The smallest absolute Gasteiger partial charge is 0.0963 e. The van der Waals surface area contributed by atoms with Gasteiger partial charge in [-0.2, -0.15) is 0 Å². The number of nitrogens with zero attached hydrogens (tertiary/aromatic N) is 1. The molecule has 0 spiro atoms. The van der Waals surface area contributed by atoms with Crippen LogP contribution in [-0.4, -0.2) is 16.7 Å². The number of hydrogen-bond donors (Lipinski definition) is 1. The summed E-state index contributed by atoms with van der Waals surface area (Å²) in [6, 6.07) is 6.40. The quantitative estimate of drug-likeness (QED) is 0.881. The number of rotatable bonds is 4. The van der Waals surface area contributed by atoms with Gasteiger partial charge in [0.1, 0.15) is 0 Å². The van der Waals surface area contributed by atoms with Crippen LogP contribution in [0.1, 0.15) is 36.8 Å². The van der Waals surface area contributed by atoms with Crippen LogP contribution in [0.4, 0.5) is 0 Å². The van der Waals surface area contributed by atoms with Gasteiger partial charge in [-0.25, -0.2) is 4.98 Å². The minimum atomic E-state index is 0.262. The van der Waals surface area contributed by atoms with E-state index in [4.69, 9.17) is 5.11 Å². The molecule has 3 heteroatoms. The molecule has 0 bridgehead atoms. The topological polar surface area (TPSA) is 33.1 Å². The second-order valence-corrected chi connectivity index (χ2v) is 5.40. The Labute approximate surface area is 100.0 Å². The first kappa shape index (κ1) is 11.6. The van der Waals surface area contributed by atoms with Gasteiger partial charge in [-0.1, -0.05) is 19.9 Å². The van der Waals surface area contributed by atoms with Crippen molar-refractivity contribution in [1.29, 1.82) is 0 Å². The van der Waals surface area contributed by atoms with Gasteiger partial charge in [-0.05, 0) is 30.5 Å². The molecule has 2 aromatic rings. The first-order chi connectivity index (χ1) is 7.70. The maximum Gasteiger partial charge on any atom is 0.0963 e. The number of hydrogen-bond acceptors (Lipinski definition) is 3. The van der Waals surface area contributed by atoms with E-state index in [9.17, 15) is 0 Å². The zero-order valence-electron chi connectivity index (χ0n) is 9.73. The largest absolute Gasteiger partial charge is 0.396 e. The predicted molar refractivity (Wildman–Crippen MR) is 69.1 cm³/mol. The van der Waals surface area contributed by atoms with Gasteiger partial charge in [0.2, 0.25) is 0 Å². The molecule has 2 rings (SSSR count). The molecule has 0 saturated carbocycles. The molecule has 0 aliphatic carbocycles. The molecule has 1 heterocycles. The highest BCUT2D eigenvalue weighted by Gasteiger charge is 2.07. The normalized spacial score (nSPS) is 11.5. The number of aromatic nitrogens is 1. The average molecular weight is 235 g/mol. The van der Waals surface area contributed by atoms with Crippen molar-refractivity contribution in [3.63, 3.8) is 0 Å². The molecule has 0 aliphatic rings. The zero-order chi connectivity index (χ0) is 11.5. The predicted octanol–water partition coefficient (Wildman–Crippen LogP) is 3.34. The van der Waals surface area contributed by atoms with E-state index in [0.29, 0.717) is 5.92 Å². The monoisotopic (exact) mass is 235 g/mol. The van der Waals surface area contributed by atoms with Gasteiger partial charge in [0.05, 0.1) is 15.2 Å². The summed E-state index contributed by atoms with van der Waals surface area (Å²) in [4.78, 5) is 4.60. The SMILES string of the molecule is CC(C)c1nc2ccc(CCCO)cc2s1. The van der Waals surface area contributed by atoms with Crippen LogP contribution >= 0.6 is 11.3 Å². The Balaban J connectivity index is 2.30. The summed E-state index contributed by atoms with van der Waals surface area (Å²) in [7, 11) is 0. The van der Waals surface area contributed by atoms with Crippen LogP contribution in [-0.2, 0) is 6.42 Å². The second kappa shape index (κ2) is 4.93. The lowest BCUT2D eigenvalue weighted by Gasteiger charge is -1.98. The van der Waals surface area contributed by atoms with Crippen LogP contribution in [0.3, 0.4) is 0 Å². The standard InChI is InChI=1S/C13H17NOS/c1-9(2)13-14-11-6-5-10(4-3-7-15)8-12(11)16-13/h5-6,8-9,15H,3-4,7H2,1-2H3. The van der Waals surface area contributed by atoms with E-state index in [0.717, 1.165) is 18.4 Å². The number of aryl methyl sites for hydroxylation is 1. The van der Waals surface area contributed by atoms with Crippen LogP contribution in [0, 0.1) is 0 Å². The van der Waals surface area contributed by atoms with E-state index in [1.807, 2.05) is 0 Å². The van der Waals surface area contributed by atoms with Crippen LogP contribution in [0.25, 0.3) is 10.2 Å². The fourth-order valence-electron chi connectivity index (χ4n) is 1.67. The fourth-order valence-corrected chi connectivity index (χ4v) is 2.71. The zero-order valence-corrected chi connectivity index (χ0v) is 10.5. The van der Waals surface area contributed by atoms with Crippen molar-refractivity contribution in [3.05, 3.63) is 28.8 Å².